The molecule has 3 nitrogen and oxygen atoms in total. The summed E-state index contributed by atoms with van der Waals surface area (Å²) in [6.45, 7) is 5.01. The highest BCUT2D eigenvalue weighted by atomic mass is 79.9. The van der Waals surface area contributed by atoms with Crippen LogP contribution in [-0.4, -0.2) is 39.9 Å². The first-order chi connectivity index (χ1) is 6.99. The molecule has 1 rings (SSSR count). The number of β-amino-alcohol motifs (C(OH)–C–C–N with tert-alkyl or cyclic N) is 1. The summed E-state index contributed by atoms with van der Waals surface area (Å²) in [5.74, 6) is 0.408. The number of aliphatic hydroxyl groups is 1. The van der Waals surface area contributed by atoms with Crippen LogP contribution in [0.3, 0.4) is 0 Å². The molecule has 1 aliphatic rings. The Morgan fingerprint density at radius 2 is 2.07 bits per heavy atom. The highest BCUT2D eigenvalue weighted by Gasteiger charge is 2.45. The average molecular weight is 278 g/mol. The van der Waals surface area contributed by atoms with Crippen molar-refractivity contribution in [3.05, 3.63) is 0 Å². The van der Waals surface area contributed by atoms with E-state index < -0.39 is 5.60 Å². The number of halogens is 1. The zero-order chi connectivity index (χ0) is 11.5. The molecule has 1 amide bonds. The van der Waals surface area contributed by atoms with E-state index in [0.717, 1.165) is 18.2 Å². The molecule has 1 fully saturated rings. The number of alkyl halides is 1. The van der Waals surface area contributed by atoms with Gasteiger partial charge in [0.2, 0.25) is 5.91 Å². The second-order valence-corrected chi connectivity index (χ2v) is 5.45. The molecule has 0 atom stereocenters. The number of carbonyl (C=O) groups excluding carboxylic acids is 1. The number of rotatable bonds is 5. The van der Waals surface area contributed by atoms with Crippen molar-refractivity contribution in [2.24, 2.45) is 5.92 Å². The summed E-state index contributed by atoms with van der Waals surface area (Å²) >= 11 is 3.34. The minimum Gasteiger partial charge on any atom is -0.386 e. The summed E-state index contributed by atoms with van der Waals surface area (Å²) < 4.78 is 0. The predicted molar refractivity (Wildman–Crippen MR) is 64.0 cm³/mol. The molecule has 0 bridgehead atoms. The monoisotopic (exact) mass is 277 g/mol. The number of nitrogens with zero attached hydrogens (tertiary/aromatic N) is 1. The van der Waals surface area contributed by atoms with E-state index in [1.807, 2.05) is 13.8 Å². The lowest BCUT2D eigenvalue weighted by atomic mass is 9.83. The molecule has 0 unspecified atom stereocenters. The van der Waals surface area contributed by atoms with Gasteiger partial charge >= 0.3 is 0 Å². The SMILES string of the molecule is CC(C)C1(O)CN(C(=O)CCCCBr)C1. The second-order valence-electron chi connectivity index (χ2n) is 4.65. The van der Waals surface area contributed by atoms with Gasteiger partial charge in [0.25, 0.3) is 0 Å². The van der Waals surface area contributed by atoms with Gasteiger partial charge < -0.3 is 10.0 Å². The quantitative estimate of drug-likeness (QED) is 0.615. The van der Waals surface area contributed by atoms with Crippen LogP contribution in [0.1, 0.15) is 33.1 Å². The van der Waals surface area contributed by atoms with Gasteiger partial charge in [0.05, 0.1) is 13.1 Å². The van der Waals surface area contributed by atoms with Crippen molar-refractivity contribution in [2.75, 3.05) is 18.4 Å². The molecular weight excluding hydrogens is 258 g/mol. The molecule has 0 aromatic carbocycles. The molecule has 0 aliphatic carbocycles. The minimum absolute atomic E-state index is 0.182. The van der Waals surface area contributed by atoms with E-state index in [9.17, 15) is 9.90 Å². The number of hydrogen-bond acceptors (Lipinski definition) is 2. The maximum Gasteiger partial charge on any atom is 0.222 e. The number of carbonyl (C=O) groups is 1. The third-order valence-corrected chi connectivity index (χ3v) is 3.69. The van der Waals surface area contributed by atoms with E-state index >= 15 is 0 Å². The lowest BCUT2D eigenvalue weighted by Gasteiger charge is -2.49. The smallest absolute Gasteiger partial charge is 0.222 e. The van der Waals surface area contributed by atoms with Crippen LogP contribution in [-0.2, 0) is 4.79 Å². The van der Waals surface area contributed by atoms with Crippen molar-refractivity contribution in [3.8, 4) is 0 Å². The van der Waals surface area contributed by atoms with Gasteiger partial charge in [0, 0.05) is 11.8 Å². The molecular formula is C11H20BrNO2. The van der Waals surface area contributed by atoms with Gasteiger partial charge in [-0.3, -0.25) is 4.79 Å². The van der Waals surface area contributed by atoms with Gasteiger partial charge in [-0.1, -0.05) is 29.8 Å². The summed E-state index contributed by atoms with van der Waals surface area (Å²) in [7, 11) is 0. The molecule has 0 aromatic heterocycles. The fourth-order valence-corrected chi connectivity index (χ4v) is 2.08. The molecule has 1 heterocycles. The van der Waals surface area contributed by atoms with E-state index in [2.05, 4.69) is 15.9 Å². The number of amides is 1. The van der Waals surface area contributed by atoms with Crippen LogP contribution < -0.4 is 0 Å². The molecule has 88 valence electrons. The number of hydrogen-bond donors (Lipinski definition) is 1. The van der Waals surface area contributed by atoms with Gasteiger partial charge in [-0.05, 0) is 18.8 Å². The Labute approximate surface area is 100.0 Å². The summed E-state index contributed by atoms with van der Waals surface area (Å²) in [5, 5.41) is 10.9. The van der Waals surface area contributed by atoms with Crippen molar-refractivity contribution in [3.63, 3.8) is 0 Å². The third kappa shape index (κ3) is 3.18. The lowest BCUT2D eigenvalue weighted by Crippen LogP contribution is -2.65. The highest BCUT2D eigenvalue weighted by molar-refractivity contribution is 9.09. The maximum atomic E-state index is 11.6. The van der Waals surface area contributed by atoms with Crippen molar-refractivity contribution in [1.82, 2.24) is 4.90 Å². The Hall–Kier alpha value is -0.0900. The molecule has 1 aliphatic heterocycles. The van der Waals surface area contributed by atoms with Gasteiger partial charge in [0.15, 0.2) is 0 Å². The average Bonchev–Trinajstić information content (AvgIpc) is 2.12. The Balaban J connectivity index is 2.23. The fourth-order valence-electron chi connectivity index (χ4n) is 1.69. The molecule has 0 radical (unpaired) electrons. The molecule has 4 heteroatoms. The Morgan fingerprint density at radius 3 is 2.53 bits per heavy atom. The standard InChI is InChI=1S/C11H20BrNO2/c1-9(2)11(15)7-13(8-11)10(14)5-3-4-6-12/h9,15H,3-8H2,1-2H3. The zero-order valence-electron chi connectivity index (χ0n) is 9.50. The van der Waals surface area contributed by atoms with Crippen LogP contribution >= 0.6 is 15.9 Å². The van der Waals surface area contributed by atoms with Crippen LogP contribution in [0.5, 0.6) is 0 Å². The molecule has 0 saturated carbocycles. The van der Waals surface area contributed by atoms with Crippen molar-refractivity contribution >= 4 is 21.8 Å². The normalized spacial score (nSPS) is 19.1. The van der Waals surface area contributed by atoms with Crippen LogP contribution in [0.25, 0.3) is 0 Å². The van der Waals surface area contributed by atoms with Crippen LogP contribution in [0, 0.1) is 5.92 Å². The van der Waals surface area contributed by atoms with Gasteiger partial charge in [0.1, 0.15) is 5.60 Å². The third-order valence-electron chi connectivity index (χ3n) is 3.13. The highest BCUT2D eigenvalue weighted by Crippen LogP contribution is 2.29. The lowest BCUT2D eigenvalue weighted by molar-refractivity contribution is -0.163. The fraction of sp³-hybridized carbons (Fsp3) is 0.909. The first kappa shape index (κ1) is 13.0. The molecule has 1 saturated heterocycles. The molecule has 1 N–H and O–H groups in total. The summed E-state index contributed by atoms with van der Waals surface area (Å²) in [5.41, 5.74) is -0.634. The predicted octanol–water partition coefficient (Wildman–Crippen LogP) is 1.78. The van der Waals surface area contributed by atoms with E-state index in [1.54, 1.807) is 4.90 Å². The van der Waals surface area contributed by atoms with E-state index in [1.165, 1.54) is 0 Å². The molecule has 0 aromatic rings. The van der Waals surface area contributed by atoms with Crippen molar-refractivity contribution in [1.29, 1.82) is 0 Å². The van der Waals surface area contributed by atoms with Crippen molar-refractivity contribution in [2.45, 2.75) is 38.7 Å². The van der Waals surface area contributed by atoms with Crippen LogP contribution in [0.2, 0.25) is 0 Å². The van der Waals surface area contributed by atoms with E-state index in [0.29, 0.717) is 19.5 Å². The topological polar surface area (TPSA) is 40.5 Å². The number of likely N-dealkylation sites (tertiary alicyclic amines) is 1. The van der Waals surface area contributed by atoms with Crippen molar-refractivity contribution < 1.29 is 9.90 Å². The summed E-state index contributed by atoms with van der Waals surface area (Å²) in [6, 6.07) is 0. The summed E-state index contributed by atoms with van der Waals surface area (Å²) in [6.07, 6.45) is 2.58. The summed E-state index contributed by atoms with van der Waals surface area (Å²) in [4.78, 5) is 13.4. The Morgan fingerprint density at radius 1 is 1.47 bits per heavy atom. The zero-order valence-corrected chi connectivity index (χ0v) is 11.1. The number of unbranched alkanes of at least 4 members (excludes halogenated alkanes) is 1. The van der Waals surface area contributed by atoms with Gasteiger partial charge in [-0.2, -0.15) is 0 Å². The largest absolute Gasteiger partial charge is 0.386 e. The first-order valence-electron chi connectivity index (χ1n) is 5.56. The maximum absolute atomic E-state index is 11.6. The Kier molecular flexibility index (Phi) is 4.59. The Bertz CT molecular complexity index is 225. The van der Waals surface area contributed by atoms with E-state index in [-0.39, 0.29) is 11.8 Å². The molecule has 0 spiro atoms. The van der Waals surface area contributed by atoms with E-state index in [4.69, 9.17) is 0 Å². The minimum atomic E-state index is -0.634. The second kappa shape index (κ2) is 5.30. The van der Waals surface area contributed by atoms with Gasteiger partial charge in [-0.15, -0.1) is 0 Å². The van der Waals surface area contributed by atoms with Gasteiger partial charge in [-0.25, -0.2) is 0 Å². The molecule has 15 heavy (non-hydrogen) atoms. The van der Waals surface area contributed by atoms with Crippen LogP contribution in [0.15, 0.2) is 0 Å². The first-order valence-corrected chi connectivity index (χ1v) is 6.68. The van der Waals surface area contributed by atoms with Crippen LogP contribution in [0.4, 0.5) is 0 Å².